The smallest absolute Gasteiger partial charge is 0.311 e. The van der Waals surface area contributed by atoms with Gasteiger partial charge in [0.2, 0.25) is 5.43 Å². The van der Waals surface area contributed by atoms with Crippen molar-refractivity contribution in [2.75, 3.05) is 0 Å². The lowest BCUT2D eigenvalue weighted by Gasteiger charge is -2.05. The van der Waals surface area contributed by atoms with E-state index in [9.17, 15) is 9.59 Å². The van der Waals surface area contributed by atoms with Crippen LogP contribution in [-0.2, 0) is 4.79 Å². The molecule has 1 aromatic carbocycles. The molecule has 0 aromatic heterocycles. The van der Waals surface area contributed by atoms with E-state index in [0.29, 0.717) is 6.42 Å². The minimum atomic E-state index is -0.315. The molecule has 0 unspecified atom stereocenters. The minimum Gasteiger partial charge on any atom is -0.422 e. The van der Waals surface area contributed by atoms with Gasteiger partial charge in [-0.3, -0.25) is 9.59 Å². The van der Waals surface area contributed by atoms with Gasteiger partial charge >= 0.3 is 5.97 Å². The highest BCUT2D eigenvalue weighted by molar-refractivity contribution is 5.72. The number of ether oxygens (including phenoxy) is 1. The van der Waals surface area contributed by atoms with Gasteiger partial charge in [0.15, 0.2) is 5.75 Å². The van der Waals surface area contributed by atoms with Crippen LogP contribution in [0, 0.1) is 0 Å². The molecule has 0 aliphatic rings. The van der Waals surface area contributed by atoms with Crippen LogP contribution >= 0.6 is 0 Å². The van der Waals surface area contributed by atoms with Crippen molar-refractivity contribution in [1.29, 1.82) is 0 Å². The van der Waals surface area contributed by atoms with E-state index < -0.39 is 0 Å². The number of hydrogen-bond donors (Lipinski definition) is 0. The van der Waals surface area contributed by atoms with Crippen LogP contribution in [0.3, 0.4) is 0 Å². The molecule has 3 nitrogen and oxygen atoms in total. The molecule has 21 heavy (non-hydrogen) atoms. The molecule has 0 heterocycles. The maximum Gasteiger partial charge on any atom is 0.311 e. The second-order valence-corrected chi connectivity index (χ2v) is 5.69. The van der Waals surface area contributed by atoms with Crippen molar-refractivity contribution in [3.05, 3.63) is 40.1 Å². The summed E-state index contributed by atoms with van der Waals surface area (Å²) in [6.45, 7) is 6.24. The van der Waals surface area contributed by atoms with Crippen LogP contribution in [0.1, 0.15) is 70.8 Å². The van der Waals surface area contributed by atoms with E-state index in [1.807, 2.05) is 19.9 Å². The van der Waals surface area contributed by atoms with Crippen molar-refractivity contribution in [3.8, 4) is 5.75 Å². The zero-order chi connectivity index (χ0) is 15.7. The lowest BCUT2D eigenvalue weighted by Crippen LogP contribution is -2.12. The van der Waals surface area contributed by atoms with E-state index in [4.69, 9.17) is 4.74 Å². The number of unbranched alkanes of at least 4 members (excludes halogenated alkanes) is 4. The van der Waals surface area contributed by atoms with E-state index in [1.54, 1.807) is 12.1 Å². The van der Waals surface area contributed by atoms with Crippen molar-refractivity contribution < 1.29 is 9.53 Å². The number of carbonyl (C=O) groups excluding carboxylic acids is 1. The Kier molecular flexibility index (Phi) is 7.73. The normalized spacial score (nSPS) is 10.7. The molecule has 0 aliphatic heterocycles. The summed E-state index contributed by atoms with van der Waals surface area (Å²) < 4.78 is 5.25. The van der Waals surface area contributed by atoms with Crippen LogP contribution in [-0.4, -0.2) is 5.97 Å². The Bertz CT molecular complexity index is 506. The molecule has 0 atom stereocenters. The molecule has 0 fully saturated rings. The summed E-state index contributed by atoms with van der Waals surface area (Å²) in [6.07, 6.45) is 5.76. The molecule has 1 rings (SSSR count). The van der Waals surface area contributed by atoms with Gasteiger partial charge in [0.1, 0.15) is 0 Å². The van der Waals surface area contributed by atoms with Gasteiger partial charge in [-0.05, 0) is 30.0 Å². The molecule has 0 amide bonds. The third kappa shape index (κ3) is 6.56. The second kappa shape index (κ2) is 9.32. The standard InChI is InChI=1S/C18H26O3/c1-4-5-6-7-8-12-18(20)21-17-13-15(14(2)3)10-9-11-16(17)19/h9-11,13-14H,4-8,12H2,1-3H3. The molecule has 0 saturated heterocycles. The molecule has 0 radical (unpaired) electrons. The van der Waals surface area contributed by atoms with Gasteiger partial charge in [0, 0.05) is 6.42 Å². The Morgan fingerprint density at radius 3 is 2.52 bits per heavy atom. The van der Waals surface area contributed by atoms with E-state index >= 15 is 0 Å². The number of carbonyl (C=O) groups is 1. The molecule has 0 N–H and O–H groups in total. The molecule has 0 spiro atoms. The highest BCUT2D eigenvalue weighted by atomic mass is 16.5. The number of rotatable bonds is 8. The average Bonchev–Trinajstić information content (AvgIpc) is 2.61. The average molecular weight is 290 g/mol. The van der Waals surface area contributed by atoms with Gasteiger partial charge in [-0.25, -0.2) is 0 Å². The Morgan fingerprint density at radius 1 is 1.14 bits per heavy atom. The molecule has 0 aliphatic carbocycles. The summed E-state index contributed by atoms with van der Waals surface area (Å²) in [5.41, 5.74) is 0.740. The minimum absolute atomic E-state index is 0.141. The summed E-state index contributed by atoms with van der Waals surface area (Å²) in [4.78, 5) is 23.7. The first-order valence-corrected chi connectivity index (χ1v) is 7.89. The zero-order valence-electron chi connectivity index (χ0n) is 13.4. The SMILES string of the molecule is CCCCCCCC(=O)Oc1cc(C(C)C)cccc1=O. The lowest BCUT2D eigenvalue weighted by atomic mass is 10.1. The highest BCUT2D eigenvalue weighted by Gasteiger charge is 2.09. The lowest BCUT2D eigenvalue weighted by molar-refractivity contribution is -0.134. The van der Waals surface area contributed by atoms with E-state index in [0.717, 1.165) is 24.8 Å². The fraction of sp³-hybridized carbons (Fsp3) is 0.556. The quantitative estimate of drug-likeness (QED) is 0.525. The number of hydrogen-bond acceptors (Lipinski definition) is 3. The fourth-order valence-electron chi connectivity index (χ4n) is 2.08. The second-order valence-electron chi connectivity index (χ2n) is 5.69. The Hall–Kier alpha value is -1.64. The summed E-state index contributed by atoms with van der Waals surface area (Å²) in [6, 6.07) is 6.71. The molecule has 0 bridgehead atoms. The maximum atomic E-state index is 11.9. The van der Waals surface area contributed by atoms with Crippen LogP contribution in [0.4, 0.5) is 0 Å². The van der Waals surface area contributed by atoms with Crippen LogP contribution in [0.25, 0.3) is 0 Å². The van der Waals surface area contributed by atoms with E-state index in [-0.39, 0.29) is 23.1 Å². The first-order chi connectivity index (χ1) is 10.0. The molecular formula is C18H26O3. The Morgan fingerprint density at radius 2 is 1.86 bits per heavy atom. The summed E-state index contributed by atoms with van der Waals surface area (Å²) in [5.74, 6) is 0.107. The molecule has 116 valence electrons. The highest BCUT2D eigenvalue weighted by Crippen LogP contribution is 2.16. The van der Waals surface area contributed by atoms with Crippen LogP contribution in [0.15, 0.2) is 29.1 Å². The predicted molar refractivity (Wildman–Crippen MR) is 85.8 cm³/mol. The van der Waals surface area contributed by atoms with Gasteiger partial charge in [-0.1, -0.05) is 58.6 Å². The van der Waals surface area contributed by atoms with Gasteiger partial charge in [0.05, 0.1) is 0 Å². The van der Waals surface area contributed by atoms with Crippen molar-refractivity contribution in [3.63, 3.8) is 0 Å². The molecule has 3 heteroatoms. The topological polar surface area (TPSA) is 43.4 Å². The van der Waals surface area contributed by atoms with Gasteiger partial charge in [-0.15, -0.1) is 0 Å². The summed E-state index contributed by atoms with van der Waals surface area (Å²) in [5, 5.41) is 0. The number of esters is 1. The summed E-state index contributed by atoms with van der Waals surface area (Å²) in [7, 11) is 0. The Labute approximate surface area is 127 Å². The van der Waals surface area contributed by atoms with Crippen molar-refractivity contribution in [2.45, 2.75) is 65.2 Å². The van der Waals surface area contributed by atoms with Gasteiger partial charge in [-0.2, -0.15) is 0 Å². The fourth-order valence-corrected chi connectivity index (χ4v) is 2.08. The van der Waals surface area contributed by atoms with Crippen molar-refractivity contribution >= 4 is 5.97 Å². The van der Waals surface area contributed by atoms with Gasteiger partial charge < -0.3 is 4.74 Å². The van der Waals surface area contributed by atoms with Crippen molar-refractivity contribution in [1.82, 2.24) is 0 Å². The first kappa shape index (κ1) is 17.4. The molecule has 0 saturated carbocycles. The van der Waals surface area contributed by atoms with Gasteiger partial charge in [0.25, 0.3) is 0 Å². The largest absolute Gasteiger partial charge is 0.422 e. The summed E-state index contributed by atoms with van der Waals surface area (Å²) >= 11 is 0. The Balaban J connectivity index is 2.61. The van der Waals surface area contributed by atoms with E-state index in [2.05, 4.69) is 6.92 Å². The van der Waals surface area contributed by atoms with Crippen LogP contribution in [0.2, 0.25) is 0 Å². The first-order valence-electron chi connectivity index (χ1n) is 7.89. The third-order valence-corrected chi connectivity index (χ3v) is 3.45. The predicted octanol–water partition coefficient (Wildman–Crippen LogP) is 4.44. The van der Waals surface area contributed by atoms with Crippen LogP contribution < -0.4 is 10.2 Å². The third-order valence-electron chi connectivity index (χ3n) is 3.45. The van der Waals surface area contributed by atoms with Crippen LogP contribution in [0.5, 0.6) is 5.75 Å². The van der Waals surface area contributed by atoms with Crippen molar-refractivity contribution in [2.24, 2.45) is 0 Å². The maximum absolute atomic E-state index is 11.9. The molecular weight excluding hydrogens is 264 g/mol. The van der Waals surface area contributed by atoms with E-state index in [1.165, 1.54) is 18.9 Å². The monoisotopic (exact) mass is 290 g/mol. The zero-order valence-corrected chi connectivity index (χ0v) is 13.4. The molecule has 1 aromatic rings.